The van der Waals surface area contributed by atoms with E-state index in [1.165, 1.54) is 24.1 Å². The summed E-state index contributed by atoms with van der Waals surface area (Å²) >= 11 is 0. The lowest BCUT2D eigenvalue weighted by Crippen LogP contribution is -2.46. The van der Waals surface area contributed by atoms with E-state index in [1.807, 2.05) is 7.11 Å². The second-order valence-electron chi connectivity index (χ2n) is 6.06. The third kappa shape index (κ3) is 3.74. The van der Waals surface area contributed by atoms with Crippen LogP contribution >= 0.6 is 0 Å². The molecular formula is C17H28N2O. The molecule has 0 unspecified atom stereocenters. The van der Waals surface area contributed by atoms with Gasteiger partial charge in [0.2, 0.25) is 0 Å². The molecule has 0 bridgehead atoms. The summed E-state index contributed by atoms with van der Waals surface area (Å²) in [4.78, 5) is 2.38. The molecular weight excluding hydrogens is 248 g/mol. The standard InChI is InChI=1S/C17H28N2O/c1-4-15-5-7-16(8-6-15)19(2)13-17(14-20-3)9-11-18-12-10-17/h5-8,18H,4,9-14H2,1-3H3. The SMILES string of the molecule is CCc1ccc(N(C)CC2(COC)CCNCC2)cc1. The zero-order valence-electron chi connectivity index (χ0n) is 13.1. The number of hydrogen-bond acceptors (Lipinski definition) is 3. The number of nitrogens with one attached hydrogen (secondary N) is 1. The van der Waals surface area contributed by atoms with E-state index in [4.69, 9.17) is 4.74 Å². The number of aryl methyl sites for hydroxylation is 1. The van der Waals surface area contributed by atoms with Gasteiger partial charge in [0.15, 0.2) is 0 Å². The van der Waals surface area contributed by atoms with Gasteiger partial charge in [-0.2, -0.15) is 0 Å². The predicted molar refractivity (Wildman–Crippen MR) is 85.5 cm³/mol. The Bertz CT molecular complexity index is 390. The molecule has 0 aromatic heterocycles. The molecule has 1 heterocycles. The molecule has 20 heavy (non-hydrogen) atoms. The van der Waals surface area contributed by atoms with Crippen LogP contribution in [0.15, 0.2) is 24.3 Å². The Morgan fingerprint density at radius 2 is 1.85 bits per heavy atom. The van der Waals surface area contributed by atoms with E-state index in [1.54, 1.807) is 0 Å². The van der Waals surface area contributed by atoms with Crippen LogP contribution in [0.5, 0.6) is 0 Å². The van der Waals surface area contributed by atoms with Crippen LogP contribution in [-0.2, 0) is 11.2 Å². The van der Waals surface area contributed by atoms with Crippen molar-refractivity contribution in [3.63, 3.8) is 0 Å². The Balaban J connectivity index is 2.04. The average molecular weight is 276 g/mol. The summed E-state index contributed by atoms with van der Waals surface area (Å²) in [5.74, 6) is 0. The first-order valence-corrected chi connectivity index (χ1v) is 7.69. The van der Waals surface area contributed by atoms with E-state index < -0.39 is 0 Å². The maximum atomic E-state index is 5.50. The Kier molecular flexibility index (Phi) is 5.44. The fourth-order valence-electron chi connectivity index (χ4n) is 3.19. The van der Waals surface area contributed by atoms with Crippen molar-refractivity contribution in [1.29, 1.82) is 0 Å². The molecule has 112 valence electrons. The number of rotatable bonds is 6. The topological polar surface area (TPSA) is 24.5 Å². The first-order chi connectivity index (χ1) is 9.69. The minimum Gasteiger partial charge on any atom is -0.384 e. The highest BCUT2D eigenvalue weighted by atomic mass is 16.5. The van der Waals surface area contributed by atoms with E-state index in [-0.39, 0.29) is 5.41 Å². The Morgan fingerprint density at radius 3 is 2.40 bits per heavy atom. The molecule has 0 aliphatic carbocycles. The molecule has 3 heteroatoms. The lowest BCUT2D eigenvalue weighted by atomic mass is 9.79. The lowest BCUT2D eigenvalue weighted by molar-refractivity contribution is 0.0596. The van der Waals surface area contributed by atoms with E-state index in [9.17, 15) is 0 Å². The second-order valence-corrected chi connectivity index (χ2v) is 6.06. The Labute approximate surface area is 123 Å². The molecule has 1 N–H and O–H groups in total. The van der Waals surface area contributed by atoms with Crippen LogP contribution in [0, 0.1) is 5.41 Å². The molecule has 3 nitrogen and oxygen atoms in total. The fourth-order valence-corrected chi connectivity index (χ4v) is 3.19. The molecule has 1 aliphatic rings. The van der Waals surface area contributed by atoms with Gasteiger partial charge in [-0.25, -0.2) is 0 Å². The van der Waals surface area contributed by atoms with Crippen molar-refractivity contribution in [2.45, 2.75) is 26.2 Å². The minimum absolute atomic E-state index is 0.290. The molecule has 0 atom stereocenters. The number of hydrogen-bond donors (Lipinski definition) is 1. The maximum Gasteiger partial charge on any atom is 0.0536 e. The largest absolute Gasteiger partial charge is 0.384 e. The van der Waals surface area contributed by atoms with Crippen molar-refractivity contribution in [2.75, 3.05) is 45.3 Å². The van der Waals surface area contributed by atoms with E-state index in [0.29, 0.717) is 0 Å². The van der Waals surface area contributed by atoms with Crippen molar-refractivity contribution in [3.05, 3.63) is 29.8 Å². The van der Waals surface area contributed by atoms with E-state index in [0.717, 1.165) is 32.7 Å². The van der Waals surface area contributed by atoms with Gasteiger partial charge in [0.05, 0.1) is 6.61 Å². The number of ether oxygens (including phenoxy) is 1. The summed E-state index contributed by atoms with van der Waals surface area (Å²) in [6.07, 6.45) is 3.49. The van der Waals surface area contributed by atoms with Crippen LogP contribution < -0.4 is 10.2 Å². The third-order valence-electron chi connectivity index (χ3n) is 4.47. The van der Waals surface area contributed by atoms with Crippen LogP contribution in [0.3, 0.4) is 0 Å². The smallest absolute Gasteiger partial charge is 0.0536 e. The fraction of sp³-hybridized carbons (Fsp3) is 0.647. The van der Waals surface area contributed by atoms with Crippen molar-refractivity contribution in [2.24, 2.45) is 5.41 Å². The minimum atomic E-state index is 0.290. The Morgan fingerprint density at radius 1 is 1.20 bits per heavy atom. The van der Waals surface area contributed by atoms with Gasteiger partial charge in [0, 0.05) is 31.8 Å². The van der Waals surface area contributed by atoms with E-state index >= 15 is 0 Å². The van der Waals surface area contributed by atoms with Gasteiger partial charge in [-0.1, -0.05) is 19.1 Å². The van der Waals surface area contributed by atoms with Crippen molar-refractivity contribution >= 4 is 5.69 Å². The summed E-state index contributed by atoms with van der Waals surface area (Å²) < 4.78 is 5.50. The van der Waals surface area contributed by atoms with Crippen LogP contribution in [0.25, 0.3) is 0 Å². The summed E-state index contributed by atoms with van der Waals surface area (Å²) in [6.45, 7) is 6.32. The van der Waals surface area contributed by atoms with Crippen LogP contribution in [0.1, 0.15) is 25.3 Å². The Hall–Kier alpha value is -1.06. The molecule has 0 saturated carbocycles. The van der Waals surface area contributed by atoms with Gasteiger partial charge in [-0.15, -0.1) is 0 Å². The normalized spacial score (nSPS) is 17.9. The first-order valence-electron chi connectivity index (χ1n) is 7.69. The highest BCUT2D eigenvalue weighted by Crippen LogP contribution is 2.31. The molecule has 2 rings (SSSR count). The quantitative estimate of drug-likeness (QED) is 0.864. The summed E-state index contributed by atoms with van der Waals surface area (Å²) in [5.41, 5.74) is 2.99. The molecule has 0 radical (unpaired) electrons. The van der Waals surface area contributed by atoms with Gasteiger partial charge in [0.25, 0.3) is 0 Å². The first kappa shape index (κ1) is 15.3. The highest BCUT2D eigenvalue weighted by Gasteiger charge is 2.33. The lowest BCUT2D eigenvalue weighted by Gasteiger charge is -2.40. The molecule has 1 aliphatic heterocycles. The van der Waals surface area contributed by atoms with Crippen LogP contribution in [-0.4, -0.2) is 40.4 Å². The van der Waals surface area contributed by atoms with Crippen LogP contribution in [0.4, 0.5) is 5.69 Å². The molecule has 1 aromatic carbocycles. The zero-order valence-corrected chi connectivity index (χ0v) is 13.1. The van der Waals surface area contributed by atoms with Gasteiger partial charge < -0.3 is 15.0 Å². The molecule has 1 fully saturated rings. The number of piperidine rings is 1. The summed E-state index contributed by atoms with van der Waals surface area (Å²) in [7, 11) is 4.01. The molecule has 0 amide bonds. The number of nitrogens with zero attached hydrogens (tertiary/aromatic N) is 1. The molecule has 1 aromatic rings. The number of anilines is 1. The van der Waals surface area contributed by atoms with Crippen molar-refractivity contribution in [1.82, 2.24) is 5.32 Å². The maximum absolute atomic E-state index is 5.50. The molecule has 0 spiro atoms. The van der Waals surface area contributed by atoms with Gasteiger partial charge in [0.1, 0.15) is 0 Å². The predicted octanol–water partition coefficient (Wildman–Crippen LogP) is 2.70. The highest BCUT2D eigenvalue weighted by molar-refractivity contribution is 5.47. The second kappa shape index (κ2) is 7.09. The van der Waals surface area contributed by atoms with Gasteiger partial charge in [-0.3, -0.25) is 0 Å². The average Bonchev–Trinajstić information content (AvgIpc) is 2.48. The number of benzene rings is 1. The van der Waals surface area contributed by atoms with E-state index in [2.05, 4.69) is 48.5 Å². The number of methoxy groups -OCH3 is 1. The zero-order chi connectivity index (χ0) is 14.4. The van der Waals surface area contributed by atoms with Crippen molar-refractivity contribution < 1.29 is 4.74 Å². The summed E-state index contributed by atoms with van der Waals surface area (Å²) in [6, 6.07) is 8.94. The van der Waals surface area contributed by atoms with Crippen LogP contribution in [0.2, 0.25) is 0 Å². The molecule has 1 saturated heterocycles. The summed E-state index contributed by atoms with van der Waals surface area (Å²) in [5, 5.41) is 3.45. The van der Waals surface area contributed by atoms with Gasteiger partial charge >= 0.3 is 0 Å². The third-order valence-corrected chi connectivity index (χ3v) is 4.47. The van der Waals surface area contributed by atoms with Crippen molar-refractivity contribution in [3.8, 4) is 0 Å². The monoisotopic (exact) mass is 276 g/mol. The van der Waals surface area contributed by atoms with Gasteiger partial charge in [-0.05, 0) is 50.0 Å².